The fourth-order valence-corrected chi connectivity index (χ4v) is 1.96. The van der Waals surface area contributed by atoms with Crippen LogP contribution >= 0.6 is 0 Å². The molecule has 2 aromatic carbocycles. The molecule has 0 atom stereocenters. The van der Waals surface area contributed by atoms with Crippen molar-refractivity contribution in [1.29, 1.82) is 0 Å². The predicted molar refractivity (Wildman–Crippen MR) is 77.8 cm³/mol. The molecule has 0 bridgehead atoms. The van der Waals surface area contributed by atoms with Crippen molar-refractivity contribution < 1.29 is 13.6 Å². The van der Waals surface area contributed by atoms with E-state index in [0.29, 0.717) is 11.3 Å². The van der Waals surface area contributed by atoms with Crippen molar-refractivity contribution in [2.45, 2.75) is 6.54 Å². The molecule has 0 radical (unpaired) electrons. The standard InChI is InChI=1S/C16H16F2N2O/c1-20(10-12-7-8-13(17)9-15(12)18)11-16(21)19-14-5-3-2-4-6-14/h2-9H,10-11H2,1H3,(H,19,21). The molecule has 0 spiro atoms. The van der Waals surface area contributed by atoms with Gasteiger partial charge in [0.2, 0.25) is 5.91 Å². The quantitative estimate of drug-likeness (QED) is 0.918. The second-order valence-electron chi connectivity index (χ2n) is 4.82. The van der Waals surface area contributed by atoms with Crippen LogP contribution in [0.1, 0.15) is 5.56 Å². The van der Waals surface area contributed by atoms with Gasteiger partial charge in [-0.3, -0.25) is 9.69 Å². The van der Waals surface area contributed by atoms with E-state index in [0.717, 1.165) is 6.07 Å². The summed E-state index contributed by atoms with van der Waals surface area (Å²) < 4.78 is 26.3. The molecule has 5 heteroatoms. The monoisotopic (exact) mass is 290 g/mol. The summed E-state index contributed by atoms with van der Waals surface area (Å²) in [5.74, 6) is -1.41. The number of rotatable bonds is 5. The van der Waals surface area contributed by atoms with Gasteiger partial charge in [0, 0.05) is 23.9 Å². The van der Waals surface area contributed by atoms with E-state index in [1.54, 1.807) is 24.1 Å². The lowest BCUT2D eigenvalue weighted by Gasteiger charge is -2.16. The summed E-state index contributed by atoms with van der Waals surface area (Å²) in [4.78, 5) is 13.5. The topological polar surface area (TPSA) is 32.3 Å². The average molecular weight is 290 g/mol. The Morgan fingerprint density at radius 1 is 1.14 bits per heavy atom. The highest BCUT2D eigenvalue weighted by molar-refractivity contribution is 5.92. The van der Waals surface area contributed by atoms with Crippen LogP contribution in [0.4, 0.5) is 14.5 Å². The fraction of sp³-hybridized carbons (Fsp3) is 0.188. The number of carbonyl (C=O) groups is 1. The van der Waals surface area contributed by atoms with Crippen LogP contribution in [0.25, 0.3) is 0 Å². The molecule has 0 saturated carbocycles. The number of halogens is 2. The zero-order valence-electron chi connectivity index (χ0n) is 11.6. The van der Waals surface area contributed by atoms with Crippen LogP contribution in [0, 0.1) is 11.6 Å². The van der Waals surface area contributed by atoms with Gasteiger partial charge in [0.1, 0.15) is 11.6 Å². The van der Waals surface area contributed by atoms with E-state index in [2.05, 4.69) is 5.32 Å². The van der Waals surface area contributed by atoms with E-state index in [1.807, 2.05) is 18.2 Å². The molecule has 1 amide bonds. The van der Waals surface area contributed by atoms with Crippen LogP contribution in [0.2, 0.25) is 0 Å². The minimum absolute atomic E-state index is 0.117. The number of carbonyl (C=O) groups excluding carboxylic acids is 1. The third-order valence-corrected chi connectivity index (χ3v) is 2.93. The Labute approximate surface area is 122 Å². The van der Waals surface area contributed by atoms with Gasteiger partial charge in [-0.15, -0.1) is 0 Å². The van der Waals surface area contributed by atoms with E-state index >= 15 is 0 Å². The zero-order valence-corrected chi connectivity index (χ0v) is 11.6. The average Bonchev–Trinajstić information content (AvgIpc) is 2.43. The Bertz CT molecular complexity index is 617. The molecule has 0 fully saturated rings. The van der Waals surface area contributed by atoms with Crippen molar-refractivity contribution >= 4 is 11.6 Å². The molecule has 0 unspecified atom stereocenters. The van der Waals surface area contributed by atoms with E-state index in [9.17, 15) is 13.6 Å². The van der Waals surface area contributed by atoms with Gasteiger partial charge in [-0.25, -0.2) is 8.78 Å². The molecule has 21 heavy (non-hydrogen) atoms. The van der Waals surface area contributed by atoms with E-state index < -0.39 is 11.6 Å². The molecular weight excluding hydrogens is 274 g/mol. The summed E-state index contributed by atoms with van der Waals surface area (Å²) in [6.07, 6.45) is 0. The smallest absolute Gasteiger partial charge is 0.238 e. The van der Waals surface area contributed by atoms with Crippen LogP contribution in [0.5, 0.6) is 0 Å². The lowest BCUT2D eigenvalue weighted by Crippen LogP contribution is -2.30. The van der Waals surface area contributed by atoms with Crippen molar-refractivity contribution in [2.24, 2.45) is 0 Å². The second kappa shape index (κ2) is 6.95. The summed E-state index contributed by atoms with van der Waals surface area (Å²) in [5.41, 5.74) is 1.07. The number of nitrogens with zero attached hydrogens (tertiary/aromatic N) is 1. The molecule has 1 N–H and O–H groups in total. The van der Waals surface area contributed by atoms with Gasteiger partial charge in [0.05, 0.1) is 6.54 Å². The van der Waals surface area contributed by atoms with Crippen LogP contribution in [-0.4, -0.2) is 24.4 Å². The third-order valence-electron chi connectivity index (χ3n) is 2.93. The van der Waals surface area contributed by atoms with Crippen LogP contribution in [-0.2, 0) is 11.3 Å². The maximum Gasteiger partial charge on any atom is 0.238 e. The Kier molecular flexibility index (Phi) is 5.00. The molecule has 0 aliphatic heterocycles. The molecule has 0 aromatic heterocycles. The Morgan fingerprint density at radius 3 is 2.52 bits per heavy atom. The van der Waals surface area contributed by atoms with Gasteiger partial charge in [-0.2, -0.15) is 0 Å². The molecule has 110 valence electrons. The van der Waals surface area contributed by atoms with Gasteiger partial charge in [0.15, 0.2) is 0 Å². The summed E-state index contributed by atoms with van der Waals surface area (Å²) >= 11 is 0. The number of hydrogen-bond donors (Lipinski definition) is 1. The zero-order chi connectivity index (χ0) is 15.2. The SMILES string of the molecule is CN(CC(=O)Nc1ccccc1)Cc1ccc(F)cc1F. The lowest BCUT2D eigenvalue weighted by molar-refractivity contribution is -0.117. The Balaban J connectivity index is 1.89. The molecule has 0 saturated heterocycles. The number of hydrogen-bond acceptors (Lipinski definition) is 2. The van der Waals surface area contributed by atoms with Crippen molar-refractivity contribution in [3.05, 3.63) is 65.7 Å². The number of benzene rings is 2. The maximum atomic E-state index is 13.5. The minimum atomic E-state index is -0.610. The molecule has 2 aromatic rings. The fourth-order valence-electron chi connectivity index (χ4n) is 1.96. The first-order valence-corrected chi connectivity index (χ1v) is 6.52. The molecule has 0 heterocycles. The highest BCUT2D eigenvalue weighted by atomic mass is 19.1. The van der Waals surface area contributed by atoms with Crippen LogP contribution in [0.15, 0.2) is 48.5 Å². The molecular formula is C16H16F2N2O. The molecule has 2 rings (SSSR count). The number of para-hydroxylation sites is 1. The number of anilines is 1. The highest BCUT2D eigenvalue weighted by Gasteiger charge is 2.10. The second-order valence-corrected chi connectivity index (χ2v) is 4.82. The Hall–Kier alpha value is -2.27. The van der Waals surface area contributed by atoms with Gasteiger partial charge in [-0.1, -0.05) is 24.3 Å². The third kappa shape index (κ3) is 4.65. The van der Waals surface area contributed by atoms with Crippen molar-refractivity contribution in [2.75, 3.05) is 18.9 Å². The first-order chi connectivity index (χ1) is 10.0. The minimum Gasteiger partial charge on any atom is -0.325 e. The van der Waals surface area contributed by atoms with E-state index in [4.69, 9.17) is 0 Å². The summed E-state index contributed by atoms with van der Waals surface area (Å²) in [7, 11) is 1.70. The van der Waals surface area contributed by atoms with E-state index in [-0.39, 0.29) is 19.0 Å². The predicted octanol–water partition coefficient (Wildman–Crippen LogP) is 3.04. The molecule has 3 nitrogen and oxygen atoms in total. The van der Waals surface area contributed by atoms with Crippen molar-refractivity contribution in [3.8, 4) is 0 Å². The van der Waals surface area contributed by atoms with Gasteiger partial charge >= 0.3 is 0 Å². The van der Waals surface area contributed by atoms with Crippen molar-refractivity contribution in [1.82, 2.24) is 4.90 Å². The first kappa shape index (κ1) is 15.1. The van der Waals surface area contributed by atoms with Gasteiger partial charge in [-0.05, 0) is 25.2 Å². The summed E-state index contributed by atoms with van der Waals surface area (Å²) in [6.45, 7) is 0.347. The number of amides is 1. The number of nitrogens with one attached hydrogen (secondary N) is 1. The molecule has 0 aliphatic carbocycles. The molecule has 0 aliphatic rings. The largest absolute Gasteiger partial charge is 0.325 e. The number of likely N-dealkylation sites (N-methyl/N-ethyl adjacent to an activating group) is 1. The lowest BCUT2D eigenvalue weighted by atomic mass is 10.2. The first-order valence-electron chi connectivity index (χ1n) is 6.52. The summed E-state index contributed by atoms with van der Waals surface area (Å²) in [6, 6.07) is 12.5. The summed E-state index contributed by atoms with van der Waals surface area (Å²) in [5, 5.41) is 2.75. The van der Waals surface area contributed by atoms with Gasteiger partial charge < -0.3 is 5.32 Å². The highest BCUT2D eigenvalue weighted by Crippen LogP contribution is 2.11. The Morgan fingerprint density at radius 2 is 1.86 bits per heavy atom. The normalized spacial score (nSPS) is 10.7. The van der Waals surface area contributed by atoms with E-state index in [1.165, 1.54) is 12.1 Å². The van der Waals surface area contributed by atoms with Crippen molar-refractivity contribution in [3.63, 3.8) is 0 Å². The van der Waals surface area contributed by atoms with Gasteiger partial charge in [0.25, 0.3) is 0 Å². The maximum absolute atomic E-state index is 13.5. The van der Waals surface area contributed by atoms with Crippen LogP contribution in [0.3, 0.4) is 0 Å². The van der Waals surface area contributed by atoms with Crippen LogP contribution < -0.4 is 5.32 Å².